The highest BCUT2D eigenvalue weighted by Gasteiger charge is 2.51. The minimum Gasteiger partial charge on any atom is -0.392 e. The highest BCUT2D eigenvalue weighted by atomic mass is 32.2. The Balaban J connectivity index is 0.922. The van der Waals surface area contributed by atoms with Gasteiger partial charge >= 0.3 is 6.03 Å². The molecule has 4 aliphatic carbocycles. The summed E-state index contributed by atoms with van der Waals surface area (Å²) in [4.78, 5) is 13.0. The van der Waals surface area contributed by atoms with Crippen LogP contribution in [-0.4, -0.2) is 48.7 Å². The minimum absolute atomic E-state index is 0.00191. The zero-order valence-electron chi connectivity index (χ0n) is 26.9. The number of aliphatic hydroxyl groups excluding tert-OH is 1. The molecule has 0 unspecified atom stereocenters. The fourth-order valence-corrected chi connectivity index (χ4v) is 9.62. The van der Waals surface area contributed by atoms with E-state index in [-0.39, 0.29) is 30.4 Å². The fourth-order valence-electron chi connectivity index (χ4n) is 8.71. The second-order valence-corrected chi connectivity index (χ2v) is 15.1. The smallest absolute Gasteiger partial charge is 0.315 e. The van der Waals surface area contributed by atoms with Crippen LogP contribution in [0.2, 0.25) is 0 Å². The maximum Gasteiger partial charge on any atom is 0.315 e. The molecule has 10 nitrogen and oxygen atoms in total. The number of hydrogen-bond donors (Lipinski definition) is 3. The molecule has 3 atom stereocenters. The average Bonchev–Trinajstić information content (AvgIpc) is 3.58. The van der Waals surface area contributed by atoms with Gasteiger partial charge in [0.05, 0.1) is 24.5 Å². The van der Waals surface area contributed by atoms with Crippen LogP contribution in [0.3, 0.4) is 0 Å². The normalized spacial score (nSPS) is 29.1. The molecule has 5 fully saturated rings. The number of thioether (sulfide) groups is 1. The summed E-state index contributed by atoms with van der Waals surface area (Å²) in [6, 6.07) is 25.8. The van der Waals surface area contributed by atoms with Crippen LogP contribution in [0.15, 0.2) is 84.0 Å². The van der Waals surface area contributed by atoms with Crippen LogP contribution in [-0.2, 0) is 22.6 Å². The van der Waals surface area contributed by atoms with Gasteiger partial charge in [0.25, 0.3) is 0 Å². The maximum atomic E-state index is 13.0. The monoisotopic (exact) mass is 666 g/mol. The van der Waals surface area contributed by atoms with Crippen molar-refractivity contribution in [2.24, 2.45) is 17.8 Å². The predicted molar refractivity (Wildman–Crippen MR) is 181 cm³/mol. The van der Waals surface area contributed by atoms with E-state index in [1.807, 2.05) is 78.9 Å². The van der Waals surface area contributed by atoms with Gasteiger partial charge in [-0.2, -0.15) is 4.68 Å². The number of nitrogens with one attached hydrogen (secondary N) is 2. The van der Waals surface area contributed by atoms with E-state index in [4.69, 9.17) is 9.47 Å². The third-order valence-electron chi connectivity index (χ3n) is 10.6. The van der Waals surface area contributed by atoms with Gasteiger partial charge in [0.2, 0.25) is 5.16 Å². The molecule has 9 rings (SSSR count). The first-order valence-electron chi connectivity index (χ1n) is 17.1. The Morgan fingerprint density at radius 3 is 2.21 bits per heavy atom. The molecule has 1 aliphatic heterocycles. The van der Waals surface area contributed by atoms with Gasteiger partial charge in [-0.25, -0.2) is 4.79 Å². The van der Waals surface area contributed by atoms with E-state index in [0.29, 0.717) is 23.9 Å². The molecule has 2 heterocycles. The van der Waals surface area contributed by atoms with Gasteiger partial charge in [-0.05, 0) is 95.5 Å². The van der Waals surface area contributed by atoms with Crippen LogP contribution < -0.4 is 10.6 Å². The molecular weight excluding hydrogens is 625 g/mol. The number of para-hydroxylation sites is 1. The van der Waals surface area contributed by atoms with E-state index in [0.717, 1.165) is 65.0 Å². The second kappa shape index (κ2) is 13.6. The average molecular weight is 667 g/mol. The molecule has 3 N–H and O–H groups in total. The molecule has 4 aromatic rings. The van der Waals surface area contributed by atoms with Crippen LogP contribution in [0.4, 0.5) is 4.79 Å². The zero-order valence-corrected chi connectivity index (χ0v) is 27.7. The molecular formula is C37H42N6O4S. The van der Waals surface area contributed by atoms with Crippen LogP contribution in [0, 0.1) is 17.8 Å². The SMILES string of the molecule is O=C(NCc1ccc([C@@H]2O[C@H](CSc3nnnn3-c3ccccc3)C[C@H](c3ccc(CO)cc3)O2)cc1)NC12CC3CC(CC(C3)C1)C2. The molecule has 0 spiro atoms. The molecule has 48 heavy (non-hydrogen) atoms. The van der Waals surface area contributed by atoms with Crippen LogP contribution in [0.25, 0.3) is 5.69 Å². The summed E-state index contributed by atoms with van der Waals surface area (Å²) in [7, 11) is 0. The summed E-state index contributed by atoms with van der Waals surface area (Å²) in [5.41, 5.74) is 4.73. The molecule has 2 amide bonds. The van der Waals surface area contributed by atoms with Crippen molar-refractivity contribution in [3.05, 3.63) is 101 Å². The molecule has 1 aromatic heterocycles. The summed E-state index contributed by atoms with van der Waals surface area (Å²) >= 11 is 1.55. The molecule has 11 heteroatoms. The molecule has 4 bridgehead atoms. The van der Waals surface area contributed by atoms with E-state index in [1.165, 1.54) is 19.3 Å². The van der Waals surface area contributed by atoms with Gasteiger partial charge in [-0.15, -0.1) is 5.10 Å². The van der Waals surface area contributed by atoms with Gasteiger partial charge in [-0.3, -0.25) is 0 Å². The summed E-state index contributed by atoms with van der Waals surface area (Å²) in [6.45, 7) is 0.457. The molecule has 4 saturated carbocycles. The number of rotatable bonds is 10. The number of carbonyl (C=O) groups is 1. The first-order valence-corrected chi connectivity index (χ1v) is 18.1. The van der Waals surface area contributed by atoms with Crippen molar-refractivity contribution in [2.45, 2.75) is 87.3 Å². The Morgan fingerprint density at radius 1 is 0.854 bits per heavy atom. The third-order valence-corrected chi connectivity index (χ3v) is 11.6. The molecule has 1 saturated heterocycles. The van der Waals surface area contributed by atoms with Crippen molar-refractivity contribution in [3.8, 4) is 5.69 Å². The fraction of sp³-hybridized carbons (Fsp3) is 0.459. The van der Waals surface area contributed by atoms with Crippen LogP contribution in [0.5, 0.6) is 0 Å². The van der Waals surface area contributed by atoms with E-state index >= 15 is 0 Å². The van der Waals surface area contributed by atoms with Crippen molar-refractivity contribution in [2.75, 3.05) is 5.75 Å². The number of hydrogen-bond acceptors (Lipinski definition) is 8. The second-order valence-electron chi connectivity index (χ2n) is 14.1. The minimum atomic E-state index is -0.571. The summed E-state index contributed by atoms with van der Waals surface area (Å²) in [6.07, 6.45) is 7.24. The van der Waals surface area contributed by atoms with Crippen molar-refractivity contribution in [1.82, 2.24) is 30.8 Å². The lowest BCUT2D eigenvalue weighted by atomic mass is 9.53. The van der Waals surface area contributed by atoms with Crippen molar-refractivity contribution < 1.29 is 19.4 Å². The van der Waals surface area contributed by atoms with Crippen LogP contribution in [0.1, 0.15) is 79.6 Å². The zero-order chi connectivity index (χ0) is 32.5. The number of aliphatic hydroxyl groups is 1. The van der Waals surface area contributed by atoms with E-state index in [1.54, 1.807) is 16.4 Å². The Labute approximate surface area is 285 Å². The van der Waals surface area contributed by atoms with E-state index < -0.39 is 6.29 Å². The van der Waals surface area contributed by atoms with Gasteiger partial charge in [0, 0.05) is 29.8 Å². The Bertz CT molecular complexity index is 1660. The molecule has 3 aromatic carbocycles. The van der Waals surface area contributed by atoms with Gasteiger partial charge in [-0.1, -0.05) is 78.5 Å². The van der Waals surface area contributed by atoms with Crippen LogP contribution >= 0.6 is 11.8 Å². The van der Waals surface area contributed by atoms with E-state index in [2.05, 4.69) is 26.2 Å². The van der Waals surface area contributed by atoms with E-state index in [9.17, 15) is 9.90 Å². The number of ether oxygens (including phenoxy) is 2. The largest absolute Gasteiger partial charge is 0.392 e. The number of amides is 2. The van der Waals surface area contributed by atoms with Crippen molar-refractivity contribution >= 4 is 17.8 Å². The first-order chi connectivity index (χ1) is 23.5. The van der Waals surface area contributed by atoms with Gasteiger partial charge in [0.1, 0.15) is 0 Å². The molecule has 250 valence electrons. The number of carbonyl (C=O) groups excluding carboxylic acids is 1. The van der Waals surface area contributed by atoms with Gasteiger partial charge in [0.15, 0.2) is 6.29 Å². The number of urea groups is 1. The number of nitrogens with zero attached hydrogens (tertiary/aromatic N) is 4. The predicted octanol–water partition coefficient (Wildman–Crippen LogP) is 6.26. The van der Waals surface area contributed by atoms with Crippen molar-refractivity contribution in [1.29, 1.82) is 0 Å². The quantitative estimate of drug-likeness (QED) is 0.170. The summed E-state index contributed by atoms with van der Waals surface area (Å²) in [5, 5.41) is 29.1. The Hall–Kier alpha value is -3.77. The topological polar surface area (TPSA) is 123 Å². The summed E-state index contributed by atoms with van der Waals surface area (Å²) < 4.78 is 14.8. The third kappa shape index (κ3) is 6.87. The molecule has 5 aliphatic rings. The highest BCUT2D eigenvalue weighted by Crippen LogP contribution is 2.55. The lowest BCUT2D eigenvalue weighted by molar-refractivity contribution is -0.245. The highest BCUT2D eigenvalue weighted by molar-refractivity contribution is 7.99. The molecule has 0 radical (unpaired) electrons. The lowest BCUT2D eigenvalue weighted by Gasteiger charge is -2.56. The number of tetrazole rings is 1. The Kier molecular flexibility index (Phi) is 8.94. The number of aromatic nitrogens is 4. The van der Waals surface area contributed by atoms with Crippen molar-refractivity contribution in [3.63, 3.8) is 0 Å². The first kappa shape index (κ1) is 31.5. The number of benzene rings is 3. The summed E-state index contributed by atoms with van der Waals surface area (Å²) in [5.74, 6) is 3.01. The lowest BCUT2D eigenvalue weighted by Crippen LogP contribution is -2.61. The maximum absolute atomic E-state index is 13.0. The van der Waals surface area contributed by atoms with Gasteiger partial charge < -0.3 is 25.2 Å². The Morgan fingerprint density at radius 2 is 1.52 bits per heavy atom. The standard InChI is InChI=1S/C37H42N6O4S/c44-22-25-8-10-29(11-9-25)33-17-32(23-48-36-40-41-42-43(36)31-4-2-1-3-5-31)46-34(47-33)30-12-6-24(7-13-30)21-38-35(45)39-37-18-26-14-27(19-37)16-28(15-26)20-37/h1-13,26-28,32-34,44H,14-23H2,(H2,38,39,45)/t26?,27?,28?,32-,33+,34+,37?/m0/s1.